The molecule has 1 unspecified atom stereocenters. The van der Waals surface area contributed by atoms with Crippen molar-refractivity contribution in [3.8, 4) is 17.2 Å². The van der Waals surface area contributed by atoms with Gasteiger partial charge in [-0.3, -0.25) is 4.79 Å². The van der Waals surface area contributed by atoms with Gasteiger partial charge in [-0.1, -0.05) is 18.2 Å². The number of nitrogens with zero attached hydrogens (tertiary/aromatic N) is 1. The van der Waals surface area contributed by atoms with Crippen molar-refractivity contribution in [1.82, 2.24) is 4.90 Å². The first-order chi connectivity index (χ1) is 12.7. The third-order valence-corrected chi connectivity index (χ3v) is 3.70. The molecule has 1 atom stereocenters. The third kappa shape index (κ3) is 6.09. The van der Waals surface area contributed by atoms with Crippen LogP contribution in [0.2, 0.25) is 0 Å². The molecule has 0 aliphatic carbocycles. The molecular weight excluding hydrogens is 363 g/mol. The molecule has 0 bridgehead atoms. The largest absolute Gasteiger partial charge is 0.573 e. The maximum atomic E-state index is 12.5. The van der Waals surface area contributed by atoms with Gasteiger partial charge in [0.05, 0.1) is 7.11 Å². The summed E-state index contributed by atoms with van der Waals surface area (Å²) in [4.78, 5) is 13.8. The molecule has 0 aliphatic heterocycles. The Morgan fingerprint density at radius 3 is 2.26 bits per heavy atom. The van der Waals surface area contributed by atoms with Gasteiger partial charge in [-0.25, -0.2) is 0 Å². The molecule has 0 aromatic heterocycles. The summed E-state index contributed by atoms with van der Waals surface area (Å²) >= 11 is 0. The van der Waals surface area contributed by atoms with E-state index in [0.717, 1.165) is 0 Å². The second-order valence-electron chi connectivity index (χ2n) is 5.79. The summed E-state index contributed by atoms with van der Waals surface area (Å²) in [5.74, 6) is 0.409. The van der Waals surface area contributed by atoms with Crippen LogP contribution >= 0.6 is 0 Å². The van der Waals surface area contributed by atoms with Crippen LogP contribution in [0.25, 0.3) is 0 Å². The number of hydrogen-bond donors (Lipinski definition) is 0. The number of ether oxygens (including phenoxy) is 3. The van der Waals surface area contributed by atoms with E-state index in [1.807, 2.05) is 0 Å². The van der Waals surface area contributed by atoms with Crippen molar-refractivity contribution in [2.75, 3.05) is 14.2 Å². The van der Waals surface area contributed by atoms with Crippen molar-refractivity contribution < 1.29 is 32.2 Å². The van der Waals surface area contributed by atoms with Crippen LogP contribution in [0.15, 0.2) is 48.5 Å². The van der Waals surface area contributed by atoms with Crippen LogP contribution in [-0.2, 0) is 11.3 Å². The molecule has 146 valence electrons. The minimum atomic E-state index is -4.80. The summed E-state index contributed by atoms with van der Waals surface area (Å²) in [5.41, 5.74) is 0.238. The quantitative estimate of drug-likeness (QED) is 0.725. The third-order valence-electron chi connectivity index (χ3n) is 3.70. The van der Waals surface area contributed by atoms with E-state index in [-0.39, 0.29) is 23.8 Å². The van der Waals surface area contributed by atoms with E-state index in [1.54, 1.807) is 37.3 Å². The van der Waals surface area contributed by atoms with Crippen LogP contribution < -0.4 is 14.2 Å². The molecule has 1 amide bonds. The first-order valence-corrected chi connectivity index (χ1v) is 8.09. The van der Waals surface area contributed by atoms with Crippen molar-refractivity contribution in [1.29, 1.82) is 0 Å². The lowest BCUT2D eigenvalue weighted by atomic mass is 10.2. The Bertz CT molecular complexity index is 762. The highest BCUT2D eigenvalue weighted by atomic mass is 19.4. The van der Waals surface area contributed by atoms with Gasteiger partial charge in [-0.15, -0.1) is 13.2 Å². The Morgan fingerprint density at radius 2 is 1.67 bits per heavy atom. The first kappa shape index (κ1) is 20.4. The molecule has 0 N–H and O–H groups in total. The van der Waals surface area contributed by atoms with Gasteiger partial charge < -0.3 is 19.1 Å². The molecule has 0 aliphatic rings. The number of amides is 1. The summed E-state index contributed by atoms with van der Waals surface area (Å²) in [7, 11) is 3.03. The molecule has 27 heavy (non-hydrogen) atoms. The number of carbonyl (C=O) groups excluding carboxylic acids is 1. The van der Waals surface area contributed by atoms with Crippen molar-refractivity contribution >= 4 is 5.91 Å². The Morgan fingerprint density at radius 1 is 1.07 bits per heavy atom. The highest BCUT2D eigenvalue weighted by Gasteiger charge is 2.32. The highest BCUT2D eigenvalue weighted by molar-refractivity contribution is 5.80. The van der Waals surface area contributed by atoms with Crippen molar-refractivity contribution in [3.05, 3.63) is 54.1 Å². The summed E-state index contributed by atoms with van der Waals surface area (Å²) in [6.45, 7) is 1.52. The smallest absolute Gasteiger partial charge is 0.497 e. The molecule has 2 aromatic rings. The number of likely N-dealkylation sites (N-methyl/N-ethyl adjacent to an activating group) is 1. The fraction of sp³-hybridized carbons (Fsp3) is 0.316. The fourth-order valence-corrected chi connectivity index (χ4v) is 2.41. The second kappa shape index (κ2) is 8.66. The molecule has 0 saturated carbocycles. The van der Waals surface area contributed by atoms with Gasteiger partial charge in [-0.05, 0) is 37.3 Å². The summed E-state index contributed by atoms with van der Waals surface area (Å²) in [6, 6.07) is 12.4. The zero-order chi connectivity index (χ0) is 20.0. The van der Waals surface area contributed by atoms with E-state index in [9.17, 15) is 18.0 Å². The molecule has 8 heteroatoms. The summed E-state index contributed by atoms with van der Waals surface area (Å²) in [6.07, 6.45) is -5.62. The Labute approximate surface area is 155 Å². The lowest BCUT2D eigenvalue weighted by molar-refractivity contribution is -0.275. The number of benzene rings is 2. The molecular formula is C19H20F3NO4. The van der Waals surface area contributed by atoms with Gasteiger partial charge in [0.1, 0.15) is 17.2 Å². The number of carbonyl (C=O) groups is 1. The minimum Gasteiger partial charge on any atom is -0.497 e. The summed E-state index contributed by atoms with van der Waals surface area (Å²) in [5, 5.41) is 0. The normalized spacial score (nSPS) is 12.2. The Hall–Kier alpha value is -2.90. The Balaban J connectivity index is 2.02. The van der Waals surface area contributed by atoms with Gasteiger partial charge in [-0.2, -0.15) is 0 Å². The van der Waals surface area contributed by atoms with Crippen molar-refractivity contribution in [2.45, 2.75) is 25.9 Å². The predicted octanol–water partition coefficient (Wildman–Crippen LogP) is 4.02. The van der Waals surface area contributed by atoms with Crippen molar-refractivity contribution in [3.63, 3.8) is 0 Å². The van der Waals surface area contributed by atoms with Crippen LogP contribution in [0.1, 0.15) is 12.5 Å². The topological polar surface area (TPSA) is 48.0 Å². The van der Waals surface area contributed by atoms with Crippen LogP contribution in [0.5, 0.6) is 17.2 Å². The first-order valence-electron chi connectivity index (χ1n) is 8.09. The van der Waals surface area contributed by atoms with E-state index in [4.69, 9.17) is 9.47 Å². The van der Waals surface area contributed by atoms with E-state index >= 15 is 0 Å². The predicted molar refractivity (Wildman–Crippen MR) is 92.7 cm³/mol. The van der Waals surface area contributed by atoms with Gasteiger partial charge in [0.15, 0.2) is 6.10 Å². The van der Waals surface area contributed by atoms with E-state index in [1.165, 1.54) is 37.3 Å². The minimum absolute atomic E-state index is 0.0542. The van der Waals surface area contributed by atoms with Gasteiger partial charge in [0, 0.05) is 19.2 Å². The molecule has 0 fully saturated rings. The van der Waals surface area contributed by atoms with Crippen LogP contribution in [0.4, 0.5) is 13.2 Å². The highest BCUT2D eigenvalue weighted by Crippen LogP contribution is 2.27. The lowest BCUT2D eigenvalue weighted by Gasteiger charge is -2.23. The number of hydrogen-bond acceptors (Lipinski definition) is 4. The van der Waals surface area contributed by atoms with E-state index < -0.39 is 12.5 Å². The Kier molecular flexibility index (Phi) is 6.55. The monoisotopic (exact) mass is 383 g/mol. The molecule has 2 rings (SSSR count). The average Bonchev–Trinajstić information content (AvgIpc) is 2.62. The molecule has 0 radical (unpaired) electrons. The maximum absolute atomic E-state index is 12.5. The van der Waals surface area contributed by atoms with Crippen molar-refractivity contribution in [2.24, 2.45) is 0 Å². The second-order valence-corrected chi connectivity index (χ2v) is 5.79. The fourth-order valence-electron chi connectivity index (χ4n) is 2.41. The molecule has 0 heterocycles. The maximum Gasteiger partial charge on any atom is 0.573 e. The molecule has 0 spiro atoms. The molecule has 0 saturated heterocycles. The standard InChI is InChI=1S/C19H20F3NO4/c1-13(26-16-10-8-15(25-3)9-11-16)18(24)23(2)12-14-6-4-5-7-17(14)27-19(20,21)22/h4-11,13H,12H2,1-3H3. The van der Waals surface area contributed by atoms with Gasteiger partial charge >= 0.3 is 6.36 Å². The zero-order valence-electron chi connectivity index (χ0n) is 15.1. The van der Waals surface area contributed by atoms with Crippen LogP contribution in [0.3, 0.4) is 0 Å². The van der Waals surface area contributed by atoms with Crippen LogP contribution in [-0.4, -0.2) is 37.4 Å². The number of methoxy groups -OCH3 is 1. The number of para-hydroxylation sites is 1. The molecule has 2 aromatic carbocycles. The number of alkyl halides is 3. The van der Waals surface area contributed by atoms with Crippen LogP contribution in [0, 0.1) is 0 Å². The van der Waals surface area contributed by atoms with Gasteiger partial charge in [0.2, 0.25) is 0 Å². The number of halogens is 3. The SMILES string of the molecule is COc1ccc(OC(C)C(=O)N(C)Cc2ccccc2OC(F)(F)F)cc1. The van der Waals surface area contributed by atoms with Gasteiger partial charge in [0.25, 0.3) is 5.91 Å². The lowest BCUT2D eigenvalue weighted by Crippen LogP contribution is -2.37. The summed E-state index contributed by atoms with van der Waals surface area (Å²) < 4.78 is 52.2. The average molecular weight is 383 g/mol. The zero-order valence-corrected chi connectivity index (χ0v) is 15.1. The molecule has 5 nitrogen and oxygen atoms in total. The van der Waals surface area contributed by atoms with E-state index in [0.29, 0.717) is 11.5 Å². The number of rotatable bonds is 7. The van der Waals surface area contributed by atoms with E-state index in [2.05, 4.69) is 4.74 Å².